The van der Waals surface area contributed by atoms with Gasteiger partial charge in [0.15, 0.2) is 5.69 Å². The van der Waals surface area contributed by atoms with Gasteiger partial charge in [0.05, 0.1) is 23.4 Å². The second-order valence-corrected chi connectivity index (χ2v) is 10.2. The summed E-state index contributed by atoms with van der Waals surface area (Å²) in [5, 5.41) is 17.1. The lowest BCUT2D eigenvalue weighted by Gasteiger charge is -2.09. The lowest BCUT2D eigenvalue weighted by Crippen LogP contribution is -2.23. The fraction of sp³-hybridized carbons (Fsp3) is 0.103. The molecule has 0 aliphatic rings. The molecule has 5 aromatic rings. The number of hydrogen-bond acceptors (Lipinski definition) is 7. The van der Waals surface area contributed by atoms with Gasteiger partial charge in [-0.3, -0.25) is 8.98 Å². The van der Waals surface area contributed by atoms with E-state index in [0.29, 0.717) is 18.0 Å². The summed E-state index contributed by atoms with van der Waals surface area (Å²) >= 11 is 2.53. The molecule has 0 saturated heterocycles. The van der Waals surface area contributed by atoms with Crippen molar-refractivity contribution >= 4 is 29.6 Å². The van der Waals surface area contributed by atoms with Crippen LogP contribution in [0.5, 0.6) is 11.5 Å². The highest BCUT2D eigenvalue weighted by molar-refractivity contribution is 7.90. The van der Waals surface area contributed by atoms with Crippen LogP contribution in [0.4, 0.5) is 0 Å². The quantitative estimate of drug-likeness (QED) is 0.199. The first-order valence-electron chi connectivity index (χ1n) is 11.8. The molecule has 3 aromatic carbocycles. The number of amides is 1. The van der Waals surface area contributed by atoms with E-state index in [4.69, 9.17) is 13.5 Å². The van der Waals surface area contributed by atoms with E-state index in [2.05, 4.69) is 11.4 Å². The Morgan fingerprint density at radius 1 is 1.00 bits per heavy atom. The highest BCUT2D eigenvalue weighted by atomic mass is 32.2. The maximum atomic E-state index is 13.1. The molecule has 0 spiro atoms. The molecule has 2 N–H and O–H groups in total. The van der Waals surface area contributed by atoms with Gasteiger partial charge >= 0.3 is 0 Å². The summed E-state index contributed by atoms with van der Waals surface area (Å²) in [6.45, 7) is 2.35. The van der Waals surface area contributed by atoms with E-state index in [1.807, 2.05) is 72.3 Å². The number of hydrogen-bond donors (Lipinski definition) is 2. The Kier molecular flexibility index (Phi) is 7.78. The predicted molar refractivity (Wildman–Crippen MR) is 152 cm³/mol. The van der Waals surface area contributed by atoms with Gasteiger partial charge in [0.25, 0.3) is 5.91 Å². The third-order valence-electron chi connectivity index (χ3n) is 5.85. The van der Waals surface area contributed by atoms with Crippen LogP contribution >= 0.6 is 23.7 Å². The molecule has 0 unspecified atom stereocenters. The third kappa shape index (κ3) is 5.75. The molecule has 9 heteroatoms. The smallest absolute Gasteiger partial charge is 0.272 e. The molecular formula is C29H25N3O4S2. The largest absolute Gasteiger partial charge is 0.508 e. The molecule has 0 saturated carbocycles. The molecule has 1 amide bonds. The number of phenols is 1. The van der Waals surface area contributed by atoms with E-state index in [1.54, 1.807) is 42.7 Å². The maximum absolute atomic E-state index is 13.1. The van der Waals surface area contributed by atoms with E-state index in [0.717, 1.165) is 50.1 Å². The number of nitrogens with zero attached hydrogens (tertiary/aromatic N) is 2. The molecule has 0 aliphatic carbocycles. The first-order chi connectivity index (χ1) is 18.5. The van der Waals surface area contributed by atoms with Gasteiger partial charge in [-0.1, -0.05) is 42.5 Å². The minimum absolute atomic E-state index is 0.185. The molecule has 2 heterocycles. The highest BCUT2D eigenvalue weighted by Gasteiger charge is 2.19. The molecule has 7 nitrogen and oxygen atoms in total. The highest BCUT2D eigenvalue weighted by Crippen LogP contribution is 2.37. The zero-order chi connectivity index (χ0) is 26.5. The molecule has 38 heavy (non-hydrogen) atoms. The lowest BCUT2D eigenvalue weighted by atomic mass is 10.2. The number of aromatic hydroxyl groups is 1. The number of aromatic nitrogens is 2. The Labute approximate surface area is 229 Å². The van der Waals surface area contributed by atoms with Crippen LogP contribution in [-0.4, -0.2) is 27.9 Å². The van der Waals surface area contributed by atoms with Crippen LogP contribution in [0.1, 0.15) is 21.6 Å². The van der Waals surface area contributed by atoms with Gasteiger partial charge in [0, 0.05) is 11.4 Å². The van der Waals surface area contributed by atoms with Crippen LogP contribution in [0.15, 0.2) is 91.0 Å². The maximum Gasteiger partial charge on any atom is 0.272 e. The van der Waals surface area contributed by atoms with Crippen molar-refractivity contribution in [3.05, 3.63) is 108 Å². The Morgan fingerprint density at radius 3 is 2.58 bits per heavy atom. The average molecular weight is 544 g/mol. The van der Waals surface area contributed by atoms with Crippen LogP contribution in [0, 0.1) is 6.92 Å². The molecule has 0 bridgehead atoms. The van der Waals surface area contributed by atoms with Gasteiger partial charge in [0.1, 0.15) is 11.5 Å². The molecule has 0 fully saturated rings. The first kappa shape index (κ1) is 25.6. The lowest BCUT2D eigenvalue weighted by molar-refractivity contribution is 0.0945. The van der Waals surface area contributed by atoms with Gasteiger partial charge in [-0.2, -0.15) is 5.10 Å². The number of aryl methyl sites for hydroxylation is 1. The summed E-state index contributed by atoms with van der Waals surface area (Å²) in [7, 11) is 1.56. The predicted octanol–water partition coefficient (Wildman–Crippen LogP) is 6.80. The topological polar surface area (TPSA) is 85.6 Å². The van der Waals surface area contributed by atoms with Crippen molar-refractivity contribution in [2.24, 2.45) is 0 Å². The number of carbonyl (C=O) groups excluding carboxylic acids is 1. The van der Waals surface area contributed by atoms with Crippen LogP contribution in [-0.2, 0) is 10.7 Å². The fourth-order valence-electron chi connectivity index (χ4n) is 3.94. The van der Waals surface area contributed by atoms with Crippen molar-refractivity contribution in [3.8, 4) is 38.2 Å². The number of phenolic OH excluding ortho intramolecular Hbond substituents is 1. The monoisotopic (exact) mass is 543 g/mol. The normalized spacial score (nSPS) is 10.9. The van der Waals surface area contributed by atoms with E-state index >= 15 is 0 Å². The van der Waals surface area contributed by atoms with Crippen molar-refractivity contribution in [2.75, 3.05) is 7.11 Å². The molecule has 0 radical (unpaired) electrons. The number of para-hydroxylation sites is 1. The molecule has 0 atom stereocenters. The summed E-state index contributed by atoms with van der Waals surface area (Å²) in [6, 6.07) is 28.4. The van der Waals surface area contributed by atoms with Crippen LogP contribution in [0.2, 0.25) is 0 Å². The standard InChI is InChI=1S/C29H25N3O4S2/c1-19-6-3-4-9-25(19)32-26(17-24(31-32)29(34)30-18-20-10-12-22(33)13-11-20)28-15-14-27(37-28)21-7-5-8-23(16-21)36-38-35-2/h3-17,33H,18H2,1-2H3,(H,30,34). The Morgan fingerprint density at radius 2 is 1.79 bits per heavy atom. The summed E-state index contributed by atoms with van der Waals surface area (Å²) in [6.07, 6.45) is 0. The van der Waals surface area contributed by atoms with E-state index in [-0.39, 0.29) is 11.7 Å². The summed E-state index contributed by atoms with van der Waals surface area (Å²) in [5.41, 5.74) is 5.00. The molecular weight excluding hydrogens is 518 g/mol. The van der Waals surface area contributed by atoms with Crippen molar-refractivity contribution in [1.82, 2.24) is 15.1 Å². The minimum atomic E-state index is -0.274. The number of nitrogens with one attached hydrogen (secondary N) is 1. The van der Waals surface area contributed by atoms with Crippen molar-refractivity contribution in [1.29, 1.82) is 0 Å². The number of benzene rings is 3. The van der Waals surface area contributed by atoms with Gasteiger partial charge in [0.2, 0.25) is 12.3 Å². The van der Waals surface area contributed by atoms with Gasteiger partial charge in [-0.25, -0.2) is 4.68 Å². The van der Waals surface area contributed by atoms with Crippen LogP contribution in [0.3, 0.4) is 0 Å². The van der Waals surface area contributed by atoms with E-state index in [1.165, 1.54) is 0 Å². The van der Waals surface area contributed by atoms with Crippen molar-refractivity contribution < 1.29 is 18.3 Å². The molecule has 5 rings (SSSR count). The molecule has 0 aliphatic heterocycles. The van der Waals surface area contributed by atoms with Crippen molar-refractivity contribution in [3.63, 3.8) is 0 Å². The Balaban J connectivity index is 1.46. The van der Waals surface area contributed by atoms with Gasteiger partial charge in [-0.15, -0.1) is 11.3 Å². The SMILES string of the molecule is COSOc1cccc(-c2ccc(-c3cc(C(=O)NCc4ccc(O)cc4)nn3-c3ccccc3C)s2)c1. The molecule has 192 valence electrons. The number of thiophene rings is 1. The Bertz CT molecular complexity index is 1560. The molecule has 2 aromatic heterocycles. The number of carbonyl (C=O) groups is 1. The first-order valence-corrected chi connectivity index (χ1v) is 13.3. The summed E-state index contributed by atoms with van der Waals surface area (Å²) in [4.78, 5) is 15.1. The van der Waals surface area contributed by atoms with Crippen molar-refractivity contribution in [2.45, 2.75) is 13.5 Å². The zero-order valence-electron chi connectivity index (χ0n) is 20.8. The average Bonchev–Trinajstić information content (AvgIpc) is 3.60. The van der Waals surface area contributed by atoms with E-state index < -0.39 is 0 Å². The van der Waals surface area contributed by atoms with Crippen LogP contribution < -0.4 is 9.50 Å². The second-order valence-electron chi connectivity index (χ2n) is 8.47. The summed E-state index contributed by atoms with van der Waals surface area (Å²) in [5.74, 6) is 0.607. The summed E-state index contributed by atoms with van der Waals surface area (Å²) < 4.78 is 12.3. The second kappa shape index (κ2) is 11.6. The number of rotatable bonds is 9. The Hall–Kier alpha value is -4.05. The van der Waals surface area contributed by atoms with Gasteiger partial charge in [-0.05, 0) is 72.1 Å². The van der Waals surface area contributed by atoms with Crippen LogP contribution in [0.25, 0.3) is 26.7 Å². The zero-order valence-corrected chi connectivity index (χ0v) is 22.4. The van der Waals surface area contributed by atoms with E-state index in [9.17, 15) is 9.90 Å². The fourth-order valence-corrected chi connectivity index (χ4v) is 5.20. The minimum Gasteiger partial charge on any atom is -0.508 e. The van der Waals surface area contributed by atoms with Gasteiger partial charge < -0.3 is 14.6 Å². The third-order valence-corrected chi connectivity index (χ3v) is 7.40.